The van der Waals surface area contributed by atoms with Crippen LogP contribution in [0.4, 0.5) is 0 Å². The van der Waals surface area contributed by atoms with E-state index in [1.165, 1.54) is 6.20 Å². The predicted octanol–water partition coefficient (Wildman–Crippen LogP) is 2.84. The van der Waals surface area contributed by atoms with Gasteiger partial charge in [-0.2, -0.15) is 0 Å². The SMILES string of the molecule is CCN(CC)C(CNC(=O)c1nc(C)ncc1Cl)c1ccco1. The Labute approximate surface area is 140 Å². The number of carbonyl (C=O) groups excluding carboxylic acids is 1. The summed E-state index contributed by atoms with van der Waals surface area (Å²) in [5.41, 5.74) is 0.192. The lowest BCUT2D eigenvalue weighted by Gasteiger charge is -2.28. The van der Waals surface area contributed by atoms with Gasteiger partial charge in [-0.25, -0.2) is 9.97 Å². The molecule has 0 aliphatic heterocycles. The van der Waals surface area contributed by atoms with E-state index < -0.39 is 0 Å². The normalized spacial score (nSPS) is 12.4. The van der Waals surface area contributed by atoms with Crippen molar-refractivity contribution in [3.8, 4) is 0 Å². The number of hydrogen-bond donors (Lipinski definition) is 1. The monoisotopic (exact) mass is 336 g/mol. The quantitative estimate of drug-likeness (QED) is 0.841. The van der Waals surface area contributed by atoms with Crippen LogP contribution in [0, 0.1) is 6.92 Å². The summed E-state index contributed by atoms with van der Waals surface area (Å²) in [5, 5.41) is 3.13. The van der Waals surface area contributed by atoms with Gasteiger partial charge in [-0.3, -0.25) is 9.69 Å². The van der Waals surface area contributed by atoms with Gasteiger partial charge in [0.1, 0.15) is 17.3 Å². The molecule has 0 saturated carbocycles. The van der Waals surface area contributed by atoms with Crippen LogP contribution in [-0.4, -0.2) is 40.4 Å². The summed E-state index contributed by atoms with van der Waals surface area (Å²) in [6.45, 7) is 7.98. The average molecular weight is 337 g/mol. The first-order chi connectivity index (χ1) is 11.1. The van der Waals surface area contributed by atoms with Gasteiger partial charge in [0.15, 0.2) is 0 Å². The lowest BCUT2D eigenvalue weighted by molar-refractivity contribution is 0.0924. The van der Waals surface area contributed by atoms with Gasteiger partial charge in [0, 0.05) is 6.54 Å². The van der Waals surface area contributed by atoms with Crippen LogP contribution in [-0.2, 0) is 0 Å². The van der Waals surface area contributed by atoms with Gasteiger partial charge in [0.25, 0.3) is 5.91 Å². The van der Waals surface area contributed by atoms with Crippen LogP contribution in [0.15, 0.2) is 29.0 Å². The topological polar surface area (TPSA) is 71.3 Å². The number of furan rings is 1. The summed E-state index contributed by atoms with van der Waals surface area (Å²) in [6, 6.07) is 3.72. The molecule has 0 aromatic carbocycles. The zero-order valence-corrected chi connectivity index (χ0v) is 14.3. The van der Waals surface area contributed by atoms with Gasteiger partial charge in [0.05, 0.1) is 23.5 Å². The van der Waals surface area contributed by atoms with E-state index in [4.69, 9.17) is 16.0 Å². The van der Waals surface area contributed by atoms with E-state index in [-0.39, 0.29) is 22.7 Å². The summed E-state index contributed by atoms with van der Waals surface area (Å²) in [6.07, 6.45) is 3.07. The van der Waals surface area contributed by atoms with Gasteiger partial charge >= 0.3 is 0 Å². The van der Waals surface area contributed by atoms with Crippen molar-refractivity contribution in [1.82, 2.24) is 20.2 Å². The van der Waals surface area contributed by atoms with Crippen LogP contribution >= 0.6 is 11.6 Å². The molecule has 1 unspecified atom stereocenters. The van der Waals surface area contributed by atoms with Gasteiger partial charge < -0.3 is 9.73 Å². The number of hydrogen-bond acceptors (Lipinski definition) is 5. The Balaban J connectivity index is 2.12. The van der Waals surface area contributed by atoms with Crippen LogP contribution < -0.4 is 5.32 Å². The van der Waals surface area contributed by atoms with Crippen LogP contribution in [0.3, 0.4) is 0 Å². The fourth-order valence-corrected chi connectivity index (χ4v) is 2.62. The van der Waals surface area contributed by atoms with Crippen LogP contribution in [0.2, 0.25) is 5.02 Å². The molecule has 2 aromatic rings. The summed E-state index contributed by atoms with van der Waals surface area (Å²) < 4.78 is 5.52. The van der Waals surface area contributed by atoms with Crippen molar-refractivity contribution < 1.29 is 9.21 Å². The third-order valence-electron chi connectivity index (χ3n) is 3.66. The molecular weight excluding hydrogens is 316 g/mol. The standard InChI is InChI=1S/C16H21ClN4O2/c1-4-21(5-2)13(14-7-6-8-23-14)10-19-16(22)15-12(17)9-18-11(3)20-15/h6-9,13H,4-5,10H2,1-3H3,(H,19,22). The summed E-state index contributed by atoms with van der Waals surface area (Å²) >= 11 is 6.01. The maximum atomic E-state index is 12.4. The van der Waals surface area contributed by atoms with E-state index in [0.29, 0.717) is 12.4 Å². The highest BCUT2D eigenvalue weighted by molar-refractivity contribution is 6.33. The van der Waals surface area contributed by atoms with Crippen molar-refractivity contribution in [2.45, 2.75) is 26.8 Å². The Hall–Kier alpha value is -1.92. The van der Waals surface area contributed by atoms with Crippen molar-refractivity contribution in [3.05, 3.63) is 46.9 Å². The molecule has 0 spiro atoms. The van der Waals surface area contributed by atoms with Crippen molar-refractivity contribution in [2.24, 2.45) is 0 Å². The lowest BCUT2D eigenvalue weighted by atomic mass is 10.2. The molecule has 0 fully saturated rings. The second-order valence-corrected chi connectivity index (χ2v) is 5.48. The number of nitrogens with one attached hydrogen (secondary N) is 1. The smallest absolute Gasteiger partial charge is 0.271 e. The Morgan fingerprint density at radius 2 is 2.17 bits per heavy atom. The first-order valence-electron chi connectivity index (χ1n) is 7.61. The molecular formula is C16H21ClN4O2. The number of rotatable bonds is 7. The molecule has 1 atom stereocenters. The molecule has 7 heteroatoms. The molecule has 0 bridgehead atoms. The third-order valence-corrected chi connectivity index (χ3v) is 3.94. The van der Waals surface area contributed by atoms with Gasteiger partial charge in [0.2, 0.25) is 0 Å². The average Bonchev–Trinajstić information content (AvgIpc) is 3.07. The molecule has 124 valence electrons. The first kappa shape index (κ1) is 17.4. The van der Waals surface area contributed by atoms with Gasteiger partial charge in [-0.15, -0.1) is 0 Å². The number of halogens is 1. The number of aromatic nitrogens is 2. The minimum atomic E-state index is -0.316. The zero-order valence-electron chi connectivity index (χ0n) is 13.5. The molecule has 0 aliphatic rings. The van der Waals surface area contributed by atoms with Gasteiger partial charge in [-0.1, -0.05) is 25.4 Å². The second kappa shape index (κ2) is 8.08. The molecule has 2 rings (SSSR count). The highest BCUT2D eigenvalue weighted by Crippen LogP contribution is 2.20. The Morgan fingerprint density at radius 1 is 1.43 bits per heavy atom. The lowest BCUT2D eigenvalue weighted by Crippen LogP contribution is -2.38. The number of aryl methyl sites for hydroxylation is 1. The molecule has 0 radical (unpaired) electrons. The van der Waals surface area contributed by atoms with Crippen LogP contribution in [0.5, 0.6) is 0 Å². The van der Waals surface area contributed by atoms with Crippen molar-refractivity contribution in [2.75, 3.05) is 19.6 Å². The second-order valence-electron chi connectivity index (χ2n) is 5.08. The largest absolute Gasteiger partial charge is 0.468 e. The predicted molar refractivity (Wildman–Crippen MR) is 88.5 cm³/mol. The first-order valence-corrected chi connectivity index (χ1v) is 7.99. The highest BCUT2D eigenvalue weighted by atomic mass is 35.5. The number of likely N-dealkylation sites (N-methyl/N-ethyl adjacent to an activating group) is 1. The third kappa shape index (κ3) is 4.30. The molecule has 0 aliphatic carbocycles. The van der Waals surface area contributed by atoms with Crippen LogP contribution in [0.1, 0.15) is 42.0 Å². The fourth-order valence-electron chi connectivity index (χ4n) is 2.44. The van der Waals surface area contributed by atoms with Crippen molar-refractivity contribution >= 4 is 17.5 Å². The van der Waals surface area contributed by atoms with Crippen molar-refractivity contribution in [1.29, 1.82) is 0 Å². The molecule has 1 amide bonds. The minimum Gasteiger partial charge on any atom is -0.468 e. The summed E-state index contributed by atoms with van der Waals surface area (Å²) in [4.78, 5) is 22.6. The van der Waals surface area contributed by atoms with E-state index in [1.807, 2.05) is 12.1 Å². The van der Waals surface area contributed by atoms with E-state index >= 15 is 0 Å². The van der Waals surface area contributed by atoms with Crippen molar-refractivity contribution in [3.63, 3.8) is 0 Å². The molecule has 23 heavy (non-hydrogen) atoms. The molecule has 0 saturated heterocycles. The Bertz CT molecular complexity index is 642. The number of amides is 1. The zero-order chi connectivity index (χ0) is 16.8. The molecule has 2 aromatic heterocycles. The molecule has 6 nitrogen and oxygen atoms in total. The summed E-state index contributed by atoms with van der Waals surface area (Å²) in [7, 11) is 0. The number of carbonyl (C=O) groups is 1. The van der Waals surface area contributed by atoms with E-state index in [9.17, 15) is 4.79 Å². The number of nitrogens with zero attached hydrogens (tertiary/aromatic N) is 3. The van der Waals surface area contributed by atoms with E-state index in [1.54, 1.807) is 13.2 Å². The van der Waals surface area contributed by atoms with Gasteiger partial charge in [-0.05, 0) is 32.1 Å². The highest BCUT2D eigenvalue weighted by Gasteiger charge is 2.22. The van der Waals surface area contributed by atoms with E-state index in [2.05, 4.69) is 34.0 Å². The van der Waals surface area contributed by atoms with Crippen LogP contribution in [0.25, 0.3) is 0 Å². The molecule has 2 heterocycles. The maximum absolute atomic E-state index is 12.4. The Morgan fingerprint density at radius 3 is 2.78 bits per heavy atom. The molecule has 1 N–H and O–H groups in total. The minimum absolute atomic E-state index is 0.0364. The fraction of sp³-hybridized carbons (Fsp3) is 0.438. The summed E-state index contributed by atoms with van der Waals surface area (Å²) in [5.74, 6) is 1.01. The van der Waals surface area contributed by atoms with E-state index in [0.717, 1.165) is 18.8 Å². The maximum Gasteiger partial charge on any atom is 0.271 e. The Kier molecular flexibility index (Phi) is 6.12.